The molecule has 14 heavy (non-hydrogen) atoms. The first-order valence-electron chi connectivity index (χ1n) is 4.69. The molecule has 3 nitrogen and oxygen atoms in total. The highest BCUT2D eigenvalue weighted by molar-refractivity contribution is 5.64. The number of phenolic OH excluding ortho intramolecular Hbond substituents is 2. The lowest BCUT2D eigenvalue weighted by molar-refractivity contribution is -0.109. The molecule has 1 aliphatic carbocycles. The molecule has 0 heterocycles. The molecule has 0 spiro atoms. The standard InChI is InChI=1S/C11H12O3/c12-6-9(7-1-2-7)8-3-4-10(13)11(14)5-8/h3-7,9,13-14H,1-2H2. The topological polar surface area (TPSA) is 57.5 Å². The average molecular weight is 192 g/mol. The van der Waals surface area contributed by atoms with Crippen molar-refractivity contribution in [2.75, 3.05) is 0 Å². The van der Waals surface area contributed by atoms with Crippen LogP contribution in [0.15, 0.2) is 18.2 Å². The fraction of sp³-hybridized carbons (Fsp3) is 0.364. The Balaban J connectivity index is 2.29. The molecule has 0 radical (unpaired) electrons. The predicted molar refractivity (Wildman–Crippen MR) is 51.3 cm³/mol. The van der Waals surface area contributed by atoms with E-state index < -0.39 is 0 Å². The third-order valence-electron chi connectivity index (χ3n) is 2.66. The van der Waals surface area contributed by atoms with Gasteiger partial charge in [0, 0.05) is 5.92 Å². The molecule has 3 heteroatoms. The molecule has 2 rings (SSSR count). The van der Waals surface area contributed by atoms with Crippen LogP contribution in [0.2, 0.25) is 0 Å². The van der Waals surface area contributed by atoms with Crippen LogP contribution in [0.5, 0.6) is 11.5 Å². The van der Waals surface area contributed by atoms with Gasteiger partial charge < -0.3 is 15.0 Å². The highest BCUT2D eigenvalue weighted by atomic mass is 16.3. The van der Waals surface area contributed by atoms with Gasteiger partial charge in [0.05, 0.1) is 0 Å². The van der Waals surface area contributed by atoms with Crippen LogP contribution in [-0.4, -0.2) is 16.5 Å². The van der Waals surface area contributed by atoms with Crippen molar-refractivity contribution in [1.82, 2.24) is 0 Å². The van der Waals surface area contributed by atoms with Gasteiger partial charge in [-0.2, -0.15) is 0 Å². The number of carbonyl (C=O) groups is 1. The normalized spacial score (nSPS) is 17.7. The van der Waals surface area contributed by atoms with E-state index in [0.717, 1.165) is 24.7 Å². The summed E-state index contributed by atoms with van der Waals surface area (Å²) in [6.45, 7) is 0. The van der Waals surface area contributed by atoms with Crippen molar-refractivity contribution in [1.29, 1.82) is 0 Å². The van der Waals surface area contributed by atoms with Crippen molar-refractivity contribution in [2.45, 2.75) is 18.8 Å². The van der Waals surface area contributed by atoms with Gasteiger partial charge in [-0.3, -0.25) is 0 Å². The van der Waals surface area contributed by atoms with Crippen molar-refractivity contribution in [2.24, 2.45) is 5.92 Å². The Morgan fingerprint density at radius 3 is 2.50 bits per heavy atom. The fourth-order valence-corrected chi connectivity index (χ4v) is 1.66. The second-order valence-corrected chi connectivity index (χ2v) is 3.75. The molecule has 2 N–H and O–H groups in total. The number of phenols is 2. The summed E-state index contributed by atoms with van der Waals surface area (Å²) in [7, 11) is 0. The summed E-state index contributed by atoms with van der Waals surface area (Å²) in [6, 6.07) is 4.57. The lowest BCUT2D eigenvalue weighted by Crippen LogP contribution is -2.01. The Hall–Kier alpha value is -1.51. The maximum Gasteiger partial charge on any atom is 0.157 e. The first-order valence-corrected chi connectivity index (χ1v) is 4.69. The number of benzene rings is 1. The second kappa shape index (κ2) is 3.33. The van der Waals surface area contributed by atoms with E-state index in [1.807, 2.05) is 0 Å². The van der Waals surface area contributed by atoms with E-state index in [4.69, 9.17) is 5.11 Å². The molecule has 74 valence electrons. The SMILES string of the molecule is O=CC(c1ccc(O)c(O)c1)C1CC1. The van der Waals surface area contributed by atoms with E-state index in [-0.39, 0.29) is 17.4 Å². The van der Waals surface area contributed by atoms with Crippen LogP contribution in [0.4, 0.5) is 0 Å². The summed E-state index contributed by atoms with van der Waals surface area (Å²) in [5, 5.41) is 18.4. The number of aromatic hydroxyl groups is 2. The third-order valence-corrected chi connectivity index (χ3v) is 2.66. The van der Waals surface area contributed by atoms with Gasteiger partial charge in [0.2, 0.25) is 0 Å². The zero-order valence-electron chi connectivity index (χ0n) is 7.68. The minimum absolute atomic E-state index is 0.124. The van der Waals surface area contributed by atoms with Gasteiger partial charge in [-0.15, -0.1) is 0 Å². The van der Waals surface area contributed by atoms with Crippen LogP contribution in [0, 0.1) is 5.92 Å². The van der Waals surface area contributed by atoms with Crippen molar-refractivity contribution < 1.29 is 15.0 Å². The van der Waals surface area contributed by atoms with Gasteiger partial charge >= 0.3 is 0 Å². The van der Waals surface area contributed by atoms with Crippen molar-refractivity contribution in [3.63, 3.8) is 0 Å². The van der Waals surface area contributed by atoms with Crippen molar-refractivity contribution in [3.8, 4) is 11.5 Å². The Bertz CT molecular complexity index is 356. The van der Waals surface area contributed by atoms with Crippen LogP contribution in [0.25, 0.3) is 0 Å². The molecule has 0 aliphatic heterocycles. The minimum atomic E-state index is -0.157. The molecular weight excluding hydrogens is 180 g/mol. The molecule has 1 aromatic carbocycles. The van der Waals surface area contributed by atoms with Crippen molar-refractivity contribution >= 4 is 6.29 Å². The zero-order chi connectivity index (χ0) is 10.1. The van der Waals surface area contributed by atoms with Crippen LogP contribution in [0.3, 0.4) is 0 Å². The van der Waals surface area contributed by atoms with Crippen LogP contribution >= 0.6 is 0 Å². The molecule has 1 fully saturated rings. The fourth-order valence-electron chi connectivity index (χ4n) is 1.66. The molecule has 0 saturated heterocycles. The Morgan fingerprint density at radius 2 is 2.00 bits per heavy atom. The lowest BCUT2D eigenvalue weighted by atomic mass is 9.95. The second-order valence-electron chi connectivity index (χ2n) is 3.75. The Morgan fingerprint density at radius 1 is 1.29 bits per heavy atom. The largest absolute Gasteiger partial charge is 0.504 e. The molecule has 0 aromatic heterocycles. The molecule has 1 atom stereocenters. The van der Waals surface area contributed by atoms with E-state index in [0.29, 0.717) is 5.92 Å². The maximum atomic E-state index is 10.8. The molecule has 1 saturated carbocycles. The van der Waals surface area contributed by atoms with Gasteiger partial charge in [-0.1, -0.05) is 6.07 Å². The lowest BCUT2D eigenvalue weighted by Gasteiger charge is -2.09. The first-order chi connectivity index (χ1) is 6.72. The minimum Gasteiger partial charge on any atom is -0.504 e. The molecule has 0 bridgehead atoms. The van der Waals surface area contributed by atoms with Gasteiger partial charge in [-0.05, 0) is 36.5 Å². The maximum absolute atomic E-state index is 10.8. The van der Waals surface area contributed by atoms with Gasteiger partial charge in [-0.25, -0.2) is 0 Å². The summed E-state index contributed by atoms with van der Waals surface area (Å²) < 4.78 is 0. The zero-order valence-corrected chi connectivity index (χ0v) is 7.68. The van der Waals surface area contributed by atoms with E-state index in [9.17, 15) is 9.90 Å². The number of hydrogen-bond acceptors (Lipinski definition) is 3. The van der Waals surface area contributed by atoms with Crippen molar-refractivity contribution in [3.05, 3.63) is 23.8 Å². The Labute approximate surface area is 82.0 Å². The van der Waals surface area contributed by atoms with Crippen LogP contribution < -0.4 is 0 Å². The molecular formula is C11H12O3. The quantitative estimate of drug-likeness (QED) is 0.567. The molecule has 0 amide bonds. The third kappa shape index (κ3) is 1.58. The van der Waals surface area contributed by atoms with Crippen LogP contribution in [-0.2, 0) is 4.79 Å². The number of hydrogen-bond donors (Lipinski definition) is 2. The van der Waals surface area contributed by atoms with E-state index in [2.05, 4.69) is 0 Å². The summed E-state index contributed by atoms with van der Waals surface area (Å²) in [5.74, 6) is 0.00198. The summed E-state index contributed by atoms with van der Waals surface area (Å²) >= 11 is 0. The van der Waals surface area contributed by atoms with Gasteiger partial charge in [0.15, 0.2) is 11.5 Å². The molecule has 1 unspecified atom stereocenters. The summed E-state index contributed by atoms with van der Waals surface area (Å²) in [4.78, 5) is 10.8. The van der Waals surface area contributed by atoms with Crippen LogP contribution in [0.1, 0.15) is 24.3 Å². The van der Waals surface area contributed by atoms with Gasteiger partial charge in [0.1, 0.15) is 6.29 Å². The summed E-state index contributed by atoms with van der Waals surface area (Å²) in [5.41, 5.74) is 0.790. The highest BCUT2D eigenvalue weighted by Gasteiger charge is 2.32. The summed E-state index contributed by atoms with van der Waals surface area (Å²) in [6.07, 6.45) is 3.07. The predicted octanol–water partition coefficient (Wildman–Crippen LogP) is 1.79. The number of aldehydes is 1. The van der Waals surface area contributed by atoms with E-state index in [1.54, 1.807) is 6.07 Å². The van der Waals surface area contributed by atoms with Gasteiger partial charge in [0.25, 0.3) is 0 Å². The smallest absolute Gasteiger partial charge is 0.157 e. The number of rotatable bonds is 3. The first kappa shape index (κ1) is 9.06. The number of carbonyl (C=O) groups excluding carboxylic acids is 1. The van der Waals surface area contributed by atoms with E-state index >= 15 is 0 Å². The monoisotopic (exact) mass is 192 g/mol. The molecule has 1 aliphatic rings. The highest BCUT2D eigenvalue weighted by Crippen LogP contribution is 2.42. The Kier molecular flexibility index (Phi) is 2.15. The average Bonchev–Trinajstić information content (AvgIpc) is 2.96. The molecule has 1 aromatic rings. The van der Waals surface area contributed by atoms with E-state index in [1.165, 1.54) is 12.1 Å².